The average molecular weight is 279 g/mol. The summed E-state index contributed by atoms with van der Waals surface area (Å²) in [5.41, 5.74) is 0. The highest BCUT2D eigenvalue weighted by molar-refractivity contribution is 7.09. The summed E-state index contributed by atoms with van der Waals surface area (Å²) in [6.45, 7) is 2.38. The minimum Gasteiger partial charge on any atom is -0.376 e. The summed E-state index contributed by atoms with van der Waals surface area (Å²) in [7, 11) is 0. The van der Waals surface area contributed by atoms with Crippen LogP contribution in [0.2, 0.25) is 0 Å². The summed E-state index contributed by atoms with van der Waals surface area (Å²) >= 11 is 1.73. The SMILES string of the molecule is O=C(C1CCC1)N(Cc1cccs1)C[C@H]1CCCO1. The molecule has 0 unspecified atom stereocenters. The topological polar surface area (TPSA) is 29.5 Å². The summed E-state index contributed by atoms with van der Waals surface area (Å²) in [5, 5.41) is 2.08. The van der Waals surface area contributed by atoms with E-state index in [1.165, 1.54) is 11.3 Å². The van der Waals surface area contributed by atoms with E-state index in [9.17, 15) is 4.79 Å². The van der Waals surface area contributed by atoms with E-state index >= 15 is 0 Å². The fourth-order valence-electron chi connectivity index (χ4n) is 2.77. The van der Waals surface area contributed by atoms with Crippen LogP contribution < -0.4 is 0 Å². The number of carbonyl (C=O) groups is 1. The van der Waals surface area contributed by atoms with E-state index in [2.05, 4.69) is 17.5 Å². The van der Waals surface area contributed by atoms with Gasteiger partial charge in [0.05, 0.1) is 12.6 Å². The van der Waals surface area contributed by atoms with Gasteiger partial charge in [-0.1, -0.05) is 12.5 Å². The predicted octanol–water partition coefficient (Wildman–Crippen LogP) is 3.06. The molecule has 1 aromatic rings. The molecule has 19 heavy (non-hydrogen) atoms. The molecule has 1 saturated heterocycles. The molecule has 0 aromatic carbocycles. The van der Waals surface area contributed by atoms with Gasteiger partial charge in [0.25, 0.3) is 0 Å². The Hall–Kier alpha value is -0.870. The number of nitrogens with zero attached hydrogens (tertiary/aromatic N) is 1. The predicted molar refractivity (Wildman–Crippen MR) is 76.1 cm³/mol. The van der Waals surface area contributed by atoms with Crippen molar-refractivity contribution in [3.05, 3.63) is 22.4 Å². The van der Waals surface area contributed by atoms with E-state index in [4.69, 9.17) is 4.74 Å². The Labute approximate surface area is 118 Å². The average Bonchev–Trinajstić information content (AvgIpc) is 2.98. The lowest BCUT2D eigenvalue weighted by molar-refractivity contribution is -0.140. The molecule has 2 aliphatic rings. The zero-order chi connectivity index (χ0) is 13.1. The second kappa shape index (κ2) is 6.06. The van der Waals surface area contributed by atoms with Gasteiger partial charge in [-0.05, 0) is 37.1 Å². The van der Waals surface area contributed by atoms with Crippen LogP contribution in [0.3, 0.4) is 0 Å². The van der Waals surface area contributed by atoms with Crippen molar-refractivity contribution < 1.29 is 9.53 Å². The van der Waals surface area contributed by atoms with E-state index in [0.717, 1.165) is 45.4 Å². The van der Waals surface area contributed by atoms with Crippen LogP contribution in [0.15, 0.2) is 17.5 Å². The Balaban J connectivity index is 1.64. The fraction of sp³-hybridized carbons (Fsp3) is 0.667. The minimum absolute atomic E-state index is 0.254. The monoisotopic (exact) mass is 279 g/mol. The van der Waals surface area contributed by atoms with E-state index in [1.54, 1.807) is 11.3 Å². The van der Waals surface area contributed by atoms with Crippen molar-refractivity contribution in [2.24, 2.45) is 5.92 Å². The van der Waals surface area contributed by atoms with Crippen molar-refractivity contribution in [2.75, 3.05) is 13.2 Å². The maximum atomic E-state index is 12.5. The standard InChI is InChI=1S/C15H21NO2S/c17-15(12-4-1-5-12)16(10-13-6-2-8-18-13)11-14-7-3-9-19-14/h3,7,9,12-13H,1-2,4-6,8,10-11H2/t13-/m1/s1. The Bertz CT molecular complexity index is 408. The molecular weight excluding hydrogens is 258 g/mol. The molecule has 3 rings (SSSR count). The number of hydrogen-bond donors (Lipinski definition) is 0. The van der Waals surface area contributed by atoms with Crippen LogP contribution in [0, 0.1) is 5.92 Å². The molecule has 4 heteroatoms. The van der Waals surface area contributed by atoms with Crippen LogP contribution in [0.4, 0.5) is 0 Å². The summed E-state index contributed by atoms with van der Waals surface area (Å²) in [6, 6.07) is 4.17. The molecule has 1 saturated carbocycles. The van der Waals surface area contributed by atoms with Gasteiger partial charge in [-0.3, -0.25) is 4.79 Å². The summed E-state index contributed by atoms with van der Waals surface area (Å²) in [5.74, 6) is 0.622. The molecule has 0 bridgehead atoms. The first kappa shape index (κ1) is 13.1. The van der Waals surface area contributed by atoms with E-state index in [-0.39, 0.29) is 12.0 Å². The lowest BCUT2D eigenvalue weighted by Gasteiger charge is -2.32. The summed E-state index contributed by atoms with van der Waals surface area (Å²) < 4.78 is 5.69. The van der Waals surface area contributed by atoms with Gasteiger partial charge in [0, 0.05) is 23.9 Å². The summed E-state index contributed by atoms with van der Waals surface area (Å²) in [4.78, 5) is 15.8. The molecule has 0 spiro atoms. The molecule has 1 aliphatic carbocycles. The normalized spacial score (nSPS) is 23.3. The van der Waals surface area contributed by atoms with Gasteiger partial charge in [-0.15, -0.1) is 11.3 Å². The molecular formula is C15H21NO2S. The third-order valence-electron chi connectivity index (χ3n) is 4.14. The molecule has 2 fully saturated rings. The number of amides is 1. The van der Waals surface area contributed by atoms with E-state index in [1.807, 2.05) is 4.90 Å². The third-order valence-corrected chi connectivity index (χ3v) is 5.00. The molecule has 1 amide bonds. The first-order valence-corrected chi connectivity index (χ1v) is 8.13. The van der Waals surface area contributed by atoms with Gasteiger partial charge in [0.1, 0.15) is 0 Å². The van der Waals surface area contributed by atoms with E-state index < -0.39 is 0 Å². The van der Waals surface area contributed by atoms with Crippen molar-refractivity contribution in [3.63, 3.8) is 0 Å². The first-order chi connectivity index (χ1) is 9.33. The first-order valence-electron chi connectivity index (χ1n) is 7.25. The van der Waals surface area contributed by atoms with Crippen LogP contribution in [0.5, 0.6) is 0 Å². The smallest absolute Gasteiger partial charge is 0.226 e. The van der Waals surface area contributed by atoms with Crippen LogP contribution in [0.1, 0.15) is 37.0 Å². The van der Waals surface area contributed by atoms with Crippen molar-refractivity contribution in [3.8, 4) is 0 Å². The molecule has 0 N–H and O–H groups in total. The second-order valence-electron chi connectivity index (χ2n) is 5.56. The zero-order valence-electron chi connectivity index (χ0n) is 11.2. The Morgan fingerprint density at radius 2 is 2.26 bits per heavy atom. The Morgan fingerprint density at radius 3 is 2.84 bits per heavy atom. The van der Waals surface area contributed by atoms with Crippen LogP contribution in [-0.4, -0.2) is 30.1 Å². The Kier molecular flexibility index (Phi) is 4.18. The largest absolute Gasteiger partial charge is 0.376 e. The van der Waals surface area contributed by atoms with Crippen LogP contribution in [-0.2, 0) is 16.1 Å². The molecule has 1 aromatic heterocycles. The van der Waals surface area contributed by atoms with Gasteiger partial charge >= 0.3 is 0 Å². The molecule has 2 heterocycles. The van der Waals surface area contributed by atoms with Gasteiger partial charge < -0.3 is 9.64 Å². The fourth-order valence-corrected chi connectivity index (χ4v) is 3.49. The molecule has 3 nitrogen and oxygen atoms in total. The zero-order valence-corrected chi connectivity index (χ0v) is 12.0. The highest BCUT2D eigenvalue weighted by Gasteiger charge is 2.31. The molecule has 1 aliphatic heterocycles. The highest BCUT2D eigenvalue weighted by Crippen LogP contribution is 2.29. The van der Waals surface area contributed by atoms with E-state index in [0.29, 0.717) is 5.91 Å². The Morgan fingerprint density at radius 1 is 1.37 bits per heavy atom. The molecule has 0 radical (unpaired) electrons. The maximum absolute atomic E-state index is 12.5. The van der Waals surface area contributed by atoms with Gasteiger partial charge in [-0.25, -0.2) is 0 Å². The number of ether oxygens (including phenoxy) is 1. The second-order valence-corrected chi connectivity index (χ2v) is 6.59. The summed E-state index contributed by atoms with van der Waals surface area (Å²) in [6.07, 6.45) is 5.84. The molecule has 104 valence electrons. The van der Waals surface area contributed by atoms with Gasteiger partial charge in [0.2, 0.25) is 5.91 Å². The lowest BCUT2D eigenvalue weighted by Crippen LogP contribution is -2.42. The van der Waals surface area contributed by atoms with Crippen LogP contribution in [0.25, 0.3) is 0 Å². The third kappa shape index (κ3) is 3.18. The van der Waals surface area contributed by atoms with Crippen molar-refractivity contribution in [1.29, 1.82) is 0 Å². The van der Waals surface area contributed by atoms with Crippen LogP contribution >= 0.6 is 11.3 Å². The van der Waals surface area contributed by atoms with Gasteiger partial charge in [-0.2, -0.15) is 0 Å². The van der Waals surface area contributed by atoms with Gasteiger partial charge in [0.15, 0.2) is 0 Å². The van der Waals surface area contributed by atoms with Crippen molar-refractivity contribution in [2.45, 2.75) is 44.8 Å². The maximum Gasteiger partial charge on any atom is 0.226 e. The number of hydrogen-bond acceptors (Lipinski definition) is 3. The van der Waals surface area contributed by atoms with Crippen molar-refractivity contribution >= 4 is 17.2 Å². The highest BCUT2D eigenvalue weighted by atomic mass is 32.1. The number of thiophene rings is 1. The van der Waals surface area contributed by atoms with Crippen molar-refractivity contribution in [1.82, 2.24) is 4.90 Å². The minimum atomic E-state index is 0.254. The quantitative estimate of drug-likeness (QED) is 0.829. The molecule has 1 atom stereocenters. The number of carbonyl (C=O) groups excluding carboxylic acids is 1. The lowest BCUT2D eigenvalue weighted by atomic mass is 9.84. The number of rotatable bonds is 5.